The number of nitrogen functional groups attached to an aromatic ring is 1. The average molecular weight is 489 g/mol. The number of amides is 1. The zero-order valence-electron chi connectivity index (χ0n) is 18.0. The summed E-state index contributed by atoms with van der Waals surface area (Å²) in [6.07, 6.45) is 0.924. The molecule has 0 radical (unpaired) electrons. The molecule has 0 spiro atoms. The lowest BCUT2D eigenvalue weighted by atomic mass is 10.1. The lowest BCUT2D eigenvalue weighted by Crippen LogP contribution is -2.16. The van der Waals surface area contributed by atoms with E-state index < -0.39 is 28.4 Å². The normalized spacial score (nSPS) is 10.9. The Hall–Kier alpha value is -4.33. The number of carbonyl (C=O) groups excluding carboxylic acids is 2. The summed E-state index contributed by atoms with van der Waals surface area (Å²) < 4.78 is 43.9. The van der Waals surface area contributed by atoms with Crippen molar-refractivity contribution in [2.45, 2.75) is 13.5 Å². The van der Waals surface area contributed by atoms with Crippen molar-refractivity contribution in [3.05, 3.63) is 59.7 Å². The maximum atomic E-state index is 13.1. The number of esters is 1. The number of halogens is 1. The Bertz CT molecular complexity index is 1330. The number of carbonyl (C=O) groups is 2. The molecule has 3 aromatic rings. The Morgan fingerprint density at radius 1 is 1.06 bits per heavy atom. The molecule has 0 aliphatic rings. The number of sulfonamides is 1. The van der Waals surface area contributed by atoms with E-state index in [-0.39, 0.29) is 40.6 Å². The van der Waals surface area contributed by atoms with Crippen molar-refractivity contribution in [3.8, 4) is 0 Å². The average Bonchev–Trinajstić information content (AvgIpc) is 2.73. The van der Waals surface area contributed by atoms with Gasteiger partial charge in [0.1, 0.15) is 5.82 Å². The van der Waals surface area contributed by atoms with Crippen molar-refractivity contribution >= 4 is 50.9 Å². The van der Waals surface area contributed by atoms with Gasteiger partial charge in [0.2, 0.25) is 27.8 Å². The number of ether oxygens (including phenoxy) is 1. The standard InChI is InChI=1S/C20H20FN7O5S/c1-11(29)23-14-7-8-16(28-34(2,31)32)15(9-14)18(30)33-10-17-25-19(22)27-20(26-17)24-13-5-3-12(21)4-6-13/h3-9,28H,10H2,1-2H3,(H,23,29)(H3,22,24,25,26,27). The summed E-state index contributed by atoms with van der Waals surface area (Å²) in [6.45, 7) is 0.857. The van der Waals surface area contributed by atoms with Gasteiger partial charge in [0.15, 0.2) is 12.4 Å². The molecule has 2 aromatic carbocycles. The van der Waals surface area contributed by atoms with Crippen LogP contribution < -0.4 is 21.1 Å². The highest BCUT2D eigenvalue weighted by molar-refractivity contribution is 7.92. The molecule has 0 aliphatic heterocycles. The molecule has 3 rings (SSSR count). The SMILES string of the molecule is CC(=O)Nc1ccc(NS(C)(=O)=O)c(C(=O)OCc2nc(N)nc(Nc3ccc(F)cc3)n2)c1. The van der Waals surface area contributed by atoms with Crippen LogP contribution in [0, 0.1) is 5.82 Å². The minimum atomic E-state index is -3.71. The first-order chi connectivity index (χ1) is 16.0. The quantitative estimate of drug-likeness (QED) is 0.342. The Labute approximate surface area is 193 Å². The number of anilines is 5. The molecule has 0 saturated heterocycles. The summed E-state index contributed by atoms with van der Waals surface area (Å²) in [6, 6.07) is 9.42. The second-order valence-corrected chi connectivity index (χ2v) is 8.71. The molecular weight excluding hydrogens is 469 g/mol. The van der Waals surface area contributed by atoms with Gasteiger partial charge >= 0.3 is 5.97 Å². The predicted molar refractivity (Wildman–Crippen MR) is 122 cm³/mol. The third kappa shape index (κ3) is 7.09. The van der Waals surface area contributed by atoms with E-state index in [2.05, 4.69) is 30.3 Å². The lowest BCUT2D eigenvalue weighted by Gasteiger charge is -2.13. The van der Waals surface area contributed by atoms with Crippen LogP contribution in [-0.4, -0.2) is 41.5 Å². The van der Waals surface area contributed by atoms with Crippen LogP contribution in [0.3, 0.4) is 0 Å². The number of benzene rings is 2. The van der Waals surface area contributed by atoms with Gasteiger partial charge in [0.05, 0.1) is 17.5 Å². The molecule has 1 aromatic heterocycles. The van der Waals surface area contributed by atoms with E-state index in [1.807, 2.05) is 0 Å². The number of aromatic nitrogens is 3. The van der Waals surface area contributed by atoms with Gasteiger partial charge in [0, 0.05) is 18.3 Å². The Morgan fingerprint density at radius 3 is 2.38 bits per heavy atom. The Kier molecular flexibility index (Phi) is 7.21. The highest BCUT2D eigenvalue weighted by Crippen LogP contribution is 2.23. The molecule has 0 fully saturated rings. The van der Waals surface area contributed by atoms with Crippen LogP contribution >= 0.6 is 0 Å². The molecule has 0 atom stereocenters. The second kappa shape index (κ2) is 10.1. The van der Waals surface area contributed by atoms with E-state index in [0.717, 1.165) is 6.26 Å². The number of hydrogen-bond acceptors (Lipinski definition) is 10. The monoisotopic (exact) mass is 489 g/mol. The van der Waals surface area contributed by atoms with Crippen molar-refractivity contribution in [1.29, 1.82) is 0 Å². The summed E-state index contributed by atoms with van der Waals surface area (Å²) in [7, 11) is -3.71. The van der Waals surface area contributed by atoms with E-state index >= 15 is 0 Å². The summed E-state index contributed by atoms with van der Waals surface area (Å²) >= 11 is 0. The van der Waals surface area contributed by atoms with Crippen LogP contribution in [0.15, 0.2) is 42.5 Å². The number of nitrogens with zero attached hydrogens (tertiary/aromatic N) is 3. The molecule has 0 saturated carbocycles. The summed E-state index contributed by atoms with van der Waals surface area (Å²) in [5.41, 5.74) is 6.24. The number of rotatable bonds is 8. The van der Waals surface area contributed by atoms with Gasteiger partial charge in [-0.2, -0.15) is 15.0 Å². The van der Waals surface area contributed by atoms with E-state index in [9.17, 15) is 22.4 Å². The molecule has 14 heteroatoms. The van der Waals surface area contributed by atoms with Crippen molar-refractivity contribution in [1.82, 2.24) is 15.0 Å². The third-order valence-electron chi connectivity index (χ3n) is 3.99. The molecule has 0 aliphatic carbocycles. The fourth-order valence-corrected chi connectivity index (χ4v) is 3.29. The minimum Gasteiger partial charge on any atom is -0.454 e. The highest BCUT2D eigenvalue weighted by Gasteiger charge is 2.18. The van der Waals surface area contributed by atoms with Crippen LogP contribution in [0.2, 0.25) is 0 Å². The van der Waals surface area contributed by atoms with E-state index in [4.69, 9.17) is 10.5 Å². The Balaban J connectivity index is 1.79. The van der Waals surface area contributed by atoms with Gasteiger partial charge in [-0.05, 0) is 42.5 Å². The molecule has 1 amide bonds. The Morgan fingerprint density at radius 2 is 1.74 bits per heavy atom. The smallest absolute Gasteiger partial charge is 0.340 e. The molecule has 0 unspecified atom stereocenters. The minimum absolute atomic E-state index is 0.00102. The van der Waals surface area contributed by atoms with Crippen molar-refractivity contribution in [2.75, 3.05) is 27.3 Å². The summed E-state index contributed by atoms with van der Waals surface area (Å²) in [4.78, 5) is 36.0. The van der Waals surface area contributed by atoms with Crippen molar-refractivity contribution in [3.63, 3.8) is 0 Å². The maximum Gasteiger partial charge on any atom is 0.340 e. The number of hydrogen-bond donors (Lipinski definition) is 4. The zero-order valence-corrected chi connectivity index (χ0v) is 18.8. The van der Waals surface area contributed by atoms with Crippen LogP contribution in [0.25, 0.3) is 0 Å². The van der Waals surface area contributed by atoms with Gasteiger partial charge in [-0.15, -0.1) is 0 Å². The first kappa shape index (κ1) is 24.3. The van der Waals surface area contributed by atoms with Gasteiger partial charge in [-0.3, -0.25) is 9.52 Å². The molecule has 12 nitrogen and oxygen atoms in total. The highest BCUT2D eigenvalue weighted by atomic mass is 32.2. The lowest BCUT2D eigenvalue weighted by molar-refractivity contribution is -0.114. The van der Waals surface area contributed by atoms with Crippen LogP contribution in [0.5, 0.6) is 0 Å². The van der Waals surface area contributed by atoms with Crippen LogP contribution in [-0.2, 0) is 26.2 Å². The third-order valence-corrected chi connectivity index (χ3v) is 4.58. The van der Waals surface area contributed by atoms with Crippen molar-refractivity contribution < 1.29 is 27.1 Å². The van der Waals surface area contributed by atoms with Crippen LogP contribution in [0.1, 0.15) is 23.1 Å². The fraction of sp³-hybridized carbons (Fsp3) is 0.150. The van der Waals surface area contributed by atoms with E-state index in [0.29, 0.717) is 5.69 Å². The number of nitrogens with two attached hydrogens (primary N) is 1. The molecule has 1 heterocycles. The molecular formula is C20H20FN7O5S. The second-order valence-electron chi connectivity index (χ2n) is 6.96. The first-order valence-electron chi connectivity index (χ1n) is 9.58. The molecule has 34 heavy (non-hydrogen) atoms. The molecule has 5 N–H and O–H groups in total. The van der Waals surface area contributed by atoms with Gasteiger partial charge in [-0.25, -0.2) is 17.6 Å². The largest absolute Gasteiger partial charge is 0.454 e. The zero-order chi connectivity index (χ0) is 24.9. The maximum absolute atomic E-state index is 13.1. The first-order valence-corrected chi connectivity index (χ1v) is 11.5. The topological polar surface area (TPSA) is 178 Å². The van der Waals surface area contributed by atoms with E-state index in [1.54, 1.807) is 0 Å². The van der Waals surface area contributed by atoms with Crippen LogP contribution in [0.4, 0.5) is 33.3 Å². The summed E-state index contributed by atoms with van der Waals surface area (Å²) in [5, 5.41) is 5.33. The number of nitrogens with one attached hydrogen (secondary N) is 3. The summed E-state index contributed by atoms with van der Waals surface area (Å²) in [5.74, 6) is -1.83. The fourth-order valence-electron chi connectivity index (χ4n) is 2.71. The van der Waals surface area contributed by atoms with Gasteiger partial charge in [-0.1, -0.05) is 0 Å². The van der Waals surface area contributed by atoms with Gasteiger partial charge < -0.3 is 21.1 Å². The van der Waals surface area contributed by atoms with Gasteiger partial charge in [0.25, 0.3) is 0 Å². The molecule has 0 bridgehead atoms. The van der Waals surface area contributed by atoms with E-state index in [1.165, 1.54) is 49.4 Å². The van der Waals surface area contributed by atoms with Crippen molar-refractivity contribution in [2.24, 2.45) is 0 Å². The molecule has 178 valence electrons. The predicted octanol–water partition coefficient (Wildman–Crippen LogP) is 2.02.